The molecule has 210 valence electrons. The highest BCUT2D eigenvalue weighted by atomic mass is 35.5. The topological polar surface area (TPSA) is 83.7 Å². The van der Waals surface area contributed by atoms with E-state index >= 15 is 0 Å². The molecule has 1 aromatic heterocycles. The van der Waals surface area contributed by atoms with Crippen molar-refractivity contribution >= 4 is 32.0 Å². The summed E-state index contributed by atoms with van der Waals surface area (Å²) in [7, 11) is -0.496. The summed E-state index contributed by atoms with van der Waals surface area (Å²) >= 11 is 6.47. The minimum atomic E-state index is -2.03. The van der Waals surface area contributed by atoms with Crippen molar-refractivity contribution in [3.63, 3.8) is 0 Å². The number of aromatic nitrogens is 3. The molecule has 1 amide bonds. The number of carbonyl (C=O) groups is 1. The summed E-state index contributed by atoms with van der Waals surface area (Å²) in [4.78, 5) is 15.1. The van der Waals surface area contributed by atoms with Gasteiger partial charge < -0.3 is 19.3 Å². The van der Waals surface area contributed by atoms with Crippen LogP contribution in [0.2, 0.25) is 23.2 Å². The molecule has 0 atom stereocenters. The first-order valence-corrected chi connectivity index (χ1v) is 16.8. The molecule has 1 aliphatic rings. The van der Waals surface area contributed by atoms with E-state index in [1.54, 1.807) is 0 Å². The van der Waals surface area contributed by atoms with E-state index in [2.05, 4.69) is 79.3 Å². The molecular weight excluding hydrogens is 530 g/mol. The second-order valence-corrected chi connectivity index (χ2v) is 17.1. The average Bonchev–Trinajstić information content (AvgIpc) is 3.30. The highest BCUT2D eigenvalue weighted by Crippen LogP contribution is 2.38. The second kappa shape index (κ2) is 11.7. The second-order valence-electron chi connectivity index (χ2n) is 11.9. The average molecular weight is 570 g/mol. The van der Waals surface area contributed by atoms with Gasteiger partial charge in [0.1, 0.15) is 0 Å². The van der Waals surface area contributed by atoms with E-state index in [9.17, 15) is 9.90 Å². The van der Waals surface area contributed by atoms with Crippen molar-refractivity contribution in [3.05, 3.63) is 70.5 Å². The zero-order valence-corrected chi connectivity index (χ0v) is 25.6. The zero-order chi connectivity index (χ0) is 28.4. The molecule has 2 aromatic carbocycles. The van der Waals surface area contributed by atoms with Gasteiger partial charge in [0.15, 0.2) is 14.1 Å². The maximum Gasteiger partial charge on any atom is 0.407 e. The molecule has 2 heterocycles. The predicted molar refractivity (Wildman–Crippen MR) is 158 cm³/mol. The third kappa shape index (κ3) is 6.65. The third-order valence-corrected chi connectivity index (χ3v) is 12.9. The van der Waals surface area contributed by atoms with Crippen LogP contribution in [0.1, 0.15) is 56.5 Å². The SMILES string of the molecule is CN(Cc1nnc(N2CCC(c3ccccc3)CC2)n1-c1ccc(Cl)cc1CO[Si](C)(C)C(C)(C)C)C(=O)O. The van der Waals surface area contributed by atoms with Crippen LogP contribution in [0.5, 0.6) is 0 Å². The van der Waals surface area contributed by atoms with Crippen LogP contribution < -0.4 is 4.90 Å². The molecule has 0 radical (unpaired) electrons. The fourth-order valence-corrected chi connectivity index (χ4v) is 5.79. The zero-order valence-electron chi connectivity index (χ0n) is 23.8. The molecule has 1 fully saturated rings. The van der Waals surface area contributed by atoms with Crippen LogP contribution in [0.25, 0.3) is 5.69 Å². The summed E-state index contributed by atoms with van der Waals surface area (Å²) in [5.41, 5.74) is 3.15. The largest absolute Gasteiger partial charge is 0.465 e. The Hall–Kier alpha value is -2.88. The minimum absolute atomic E-state index is 0.0614. The number of anilines is 1. The van der Waals surface area contributed by atoms with Crippen molar-refractivity contribution in [2.75, 3.05) is 25.0 Å². The Labute approximate surface area is 237 Å². The van der Waals surface area contributed by atoms with Crippen LogP contribution in [0.4, 0.5) is 10.7 Å². The first kappa shape index (κ1) is 29.1. The molecule has 10 heteroatoms. The molecule has 39 heavy (non-hydrogen) atoms. The Bertz CT molecular complexity index is 1280. The minimum Gasteiger partial charge on any atom is -0.465 e. The van der Waals surface area contributed by atoms with E-state index in [1.807, 2.05) is 22.8 Å². The number of hydrogen-bond acceptors (Lipinski definition) is 5. The Balaban J connectivity index is 1.69. The third-order valence-electron chi connectivity index (χ3n) is 8.14. The van der Waals surface area contributed by atoms with Gasteiger partial charge in [-0.3, -0.25) is 4.57 Å². The molecule has 0 bridgehead atoms. The number of hydrogen-bond donors (Lipinski definition) is 1. The molecule has 3 aromatic rings. The molecule has 1 aliphatic heterocycles. The lowest BCUT2D eigenvalue weighted by molar-refractivity contribution is 0.152. The van der Waals surface area contributed by atoms with Crippen molar-refractivity contribution < 1.29 is 14.3 Å². The summed E-state index contributed by atoms with van der Waals surface area (Å²) in [6.45, 7) is 13.3. The lowest BCUT2D eigenvalue weighted by Crippen LogP contribution is -2.40. The van der Waals surface area contributed by atoms with Gasteiger partial charge in [0, 0.05) is 30.7 Å². The van der Waals surface area contributed by atoms with Crippen LogP contribution in [0.3, 0.4) is 0 Å². The molecule has 0 saturated carbocycles. The van der Waals surface area contributed by atoms with Gasteiger partial charge in [-0.25, -0.2) is 4.79 Å². The van der Waals surface area contributed by atoms with Gasteiger partial charge in [0.25, 0.3) is 0 Å². The fraction of sp³-hybridized carbons (Fsp3) is 0.483. The van der Waals surface area contributed by atoms with E-state index in [-0.39, 0.29) is 11.6 Å². The molecule has 1 saturated heterocycles. The summed E-state index contributed by atoms with van der Waals surface area (Å²) in [5.74, 6) is 1.77. The molecule has 0 spiro atoms. The highest BCUT2D eigenvalue weighted by Gasteiger charge is 2.37. The molecule has 0 aliphatic carbocycles. The van der Waals surface area contributed by atoms with Gasteiger partial charge in [-0.15, -0.1) is 10.2 Å². The van der Waals surface area contributed by atoms with E-state index in [1.165, 1.54) is 17.5 Å². The highest BCUT2D eigenvalue weighted by molar-refractivity contribution is 6.74. The first-order chi connectivity index (χ1) is 18.4. The summed E-state index contributed by atoms with van der Waals surface area (Å²) in [6, 6.07) is 16.4. The predicted octanol–water partition coefficient (Wildman–Crippen LogP) is 6.94. The number of carboxylic acid groups (broad SMARTS) is 1. The maximum atomic E-state index is 11.7. The van der Waals surface area contributed by atoms with Crippen molar-refractivity contribution in [2.45, 2.75) is 70.8 Å². The van der Waals surface area contributed by atoms with E-state index < -0.39 is 14.4 Å². The van der Waals surface area contributed by atoms with Gasteiger partial charge >= 0.3 is 6.09 Å². The van der Waals surface area contributed by atoms with Crippen LogP contribution in [-0.2, 0) is 17.6 Å². The molecule has 8 nitrogen and oxygen atoms in total. The Morgan fingerprint density at radius 1 is 1.13 bits per heavy atom. The van der Waals surface area contributed by atoms with Crippen molar-refractivity contribution in [2.24, 2.45) is 0 Å². The Kier molecular flexibility index (Phi) is 8.73. The standard InChI is InChI=1S/C29H40ClN5O3Si/c1-29(2,3)39(5,6)38-20-23-18-24(30)12-13-25(23)35-26(19-33(4)28(36)37)31-32-27(35)34-16-14-22(15-17-34)21-10-8-7-9-11-21/h7-13,18,22H,14-17,19-20H2,1-6H3,(H,36,37). The van der Waals surface area contributed by atoms with Crippen LogP contribution >= 0.6 is 11.6 Å². The van der Waals surface area contributed by atoms with Gasteiger partial charge in [0.05, 0.1) is 18.8 Å². The number of rotatable bonds is 8. The number of halogens is 1. The molecule has 0 unspecified atom stereocenters. The number of nitrogens with zero attached hydrogens (tertiary/aromatic N) is 5. The normalized spacial score (nSPS) is 15.0. The Morgan fingerprint density at radius 3 is 2.41 bits per heavy atom. The van der Waals surface area contributed by atoms with E-state index in [4.69, 9.17) is 16.0 Å². The summed E-state index contributed by atoms with van der Waals surface area (Å²) in [6.07, 6.45) is 0.985. The van der Waals surface area contributed by atoms with Gasteiger partial charge in [-0.1, -0.05) is 62.7 Å². The number of piperidine rings is 1. The molecular formula is C29H40ClN5O3Si. The van der Waals surface area contributed by atoms with E-state index in [0.717, 1.165) is 37.2 Å². The van der Waals surface area contributed by atoms with Crippen LogP contribution in [-0.4, -0.2) is 59.3 Å². The number of amides is 1. The Morgan fingerprint density at radius 2 is 1.79 bits per heavy atom. The summed E-state index contributed by atoms with van der Waals surface area (Å²) < 4.78 is 8.58. The van der Waals surface area contributed by atoms with E-state index in [0.29, 0.717) is 29.3 Å². The van der Waals surface area contributed by atoms with Crippen LogP contribution in [0.15, 0.2) is 48.5 Å². The van der Waals surface area contributed by atoms with Crippen molar-refractivity contribution in [1.82, 2.24) is 19.7 Å². The van der Waals surface area contributed by atoms with Gasteiger partial charge in [-0.2, -0.15) is 0 Å². The van der Waals surface area contributed by atoms with Crippen LogP contribution in [0, 0.1) is 0 Å². The monoisotopic (exact) mass is 569 g/mol. The van der Waals surface area contributed by atoms with Crippen molar-refractivity contribution in [3.8, 4) is 5.69 Å². The smallest absolute Gasteiger partial charge is 0.407 e. The van der Waals surface area contributed by atoms with Gasteiger partial charge in [0.2, 0.25) is 5.95 Å². The number of benzene rings is 2. The summed E-state index contributed by atoms with van der Waals surface area (Å²) in [5, 5.41) is 19.3. The van der Waals surface area contributed by atoms with Crippen molar-refractivity contribution in [1.29, 1.82) is 0 Å². The lowest BCUT2D eigenvalue weighted by Gasteiger charge is -2.36. The lowest BCUT2D eigenvalue weighted by atomic mass is 9.90. The fourth-order valence-electron chi connectivity index (χ4n) is 4.64. The van der Waals surface area contributed by atoms with Gasteiger partial charge in [-0.05, 0) is 60.7 Å². The maximum absolute atomic E-state index is 11.7. The first-order valence-electron chi connectivity index (χ1n) is 13.5. The quantitative estimate of drug-likeness (QED) is 0.296. The molecule has 4 rings (SSSR count). The molecule has 1 N–H and O–H groups in total.